The van der Waals surface area contributed by atoms with Crippen LogP contribution in [0.3, 0.4) is 0 Å². The maximum absolute atomic E-state index is 13.3. The van der Waals surface area contributed by atoms with E-state index in [4.69, 9.17) is 5.11 Å². The van der Waals surface area contributed by atoms with Crippen molar-refractivity contribution in [2.24, 2.45) is 0 Å². The summed E-state index contributed by atoms with van der Waals surface area (Å²) in [5, 5.41) is 8.53. The average Bonchev–Trinajstić information content (AvgIpc) is 2.28. The van der Waals surface area contributed by atoms with Gasteiger partial charge in [-0.05, 0) is 6.07 Å². The maximum Gasteiger partial charge on any atom is 0.343 e. The number of carbonyl (C=O) groups is 1. The number of carboxylic acids is 1. The normalized spacial score (nSPS) is 13.4. The first-order chi connectivity index (χ1) is 7.40. The minimum atomic E-state index is -3.61. The van der Waals surface area contributed by atoms with Gasteiger partial charge in [0.25, 0.3) is 0 Å². The van der Waals surface area contributed by atoms with Gasteiger partial charge in [0.05, 0.1) is 10.6 Å². The number of benzene rings is 1. The van der Waals surface area contributed by atoms with Crippen LogP contribution in [0.1, 0.15) is 18.7 Å². The third kappa shape index (κ3) is 2.38. The standard InChI is InChI=1S/C10H11FO4S/c1-2-16(14,15)8-6-4-3-5-7(8)9(11)10(12)13/h3-6,9H,2H2,1H3,(H,12,13). The molecule has 0 bridgehead atoms. The van der Waals surface area contributed by atoms with Gasteiger partial charge in [-0.15, -0.1) is 0 Å². The molecule has 0 radical (unpaired) electrons. The van der Waals surface area contributed by atoms with Crippen LogP contribution in [0.25, 0.3) is 0 Å². The number of carboxylic acid groups (broad SMARTS) is 1. The van der Waals surface area contributed by atoms with E-state index in [2.05, 4.69) is 0 Å². The molecule has 0 aliphatic heterocycles. The lowest BCUT2D eigenvalue weighted by atomic mass is 10.1. The molecule has 1 aromatic carbocycles. The van der Waals surface area contributed by atoms with Crippen LogP contribution in [0.4, 0.5) is 4.39 Å². The summed E-state index contributed by atoms with van der Waals surface area (Å²) in [6.07, 6.45) is -2.32. The molecule has 1 rings (SSSR count). The van der Waals surface area contributed by atoms with E-state index in [1.165, 1.54) is 31.2 Å². The van der Waals surface area contributed by atoms with Gasteiger partial charge in [-0.3, -0.25) is 0 Å². The molecule has 0 saturated heterocycles. The van der Waals surface area contributed by atoms with E-state index in [1.54, 1.807) is 0 Å². The molecule has 0 amide bonds. The van der Waals surface area contributed by atoms with E-state index in [1.807, 2.05) is 0 Å². The molecule has 0 aliphatic carbocycles. The van der Waals surface area contributed by atoms with E-state index in [0.29, 0.717) is 0 Å². The van der Waals surface area contributed by atoms with Crippen molar-refractivity contribution in [3.05, 3.63) is 29.8 Å². The highest BCUT2D eigenvalue weighted by molar-refractivity contribution is 7.91. The van der Waals surface area contributed by atoms with Gasteiger partial charge in [-0.1, -0.05) is 25.1 Å². The van der Waals surface area contributed by atoms with Gasteiger partial charge in [0.1, 0.15) is 0 Å². The summed E-state index contributed by atoms with van der Waals surface area (Å²) in [6, 6.07) is 5.21. The number of halogens is 1. The predicted molar refractivity (Wildman–Crippen MR) is 55.7 cm³/mol. The molecule has 0 aliphatic rings. The monoisotopic (exact) mass is 246 g/mol. The zero-order valence-corrected chi connectivity index (χ0v) is 9.37. The van der Waals surface area contributed by atoms with E-state index < -0.39 is 22.0 Å². The van der Waals surface area contributed by atoms with Crippen molar-refractivity contribution in [3.63, 3.8) is 0 Å². The van der Waals surface area contributed by atoms with Crippen LogP contribution in [0, 0.1) is 0 Å². The second kappa shape index (κ2) is 4.61. The molecule has 0 spiro atoms. The molecule has 1 unspecified atom stereocenters. The van der Waals surface area contributed by atoms with Crippen molar-refractivity contribution in [2.45, 2.75) is 18.0 Å². The summed E-state index contributed by atoms with van der Waals surface area (Å²) < 4.78 is 36.5. The van der Waals surface area contributed by atoms with Gasteiger partial charge < -0.3 is 5.11 Å². The molecular weight excluding hydrogens is 235 g/mol. The number of aliphatic carboxylic acids is 1. The fraction of sp³-hybridized carbons (Fsp3) is 0.300. The minimum Gasteiger partial charge on any atom is -0.479 e. The maximum atomic E-state index is 13.3. The Balaban J connectivity index is 3.37. The van der Waals surface area contributed by atoms with Crippen molar-refractivity contribution in [2.75, 3.05) is 5.75 Å². The van der Waals surface area contributed by atoms with E-state index in [0.717, 1.165) is 0 Å². The molecule has 0 saturated carbocycles. The minimum absolute atomic E-state index is 0.198. The van der Waals surface area contributed by atoms with Crippen molar-refractivity contribution in [3.8, 4) is 0 Å². The Kier molecular flexibility index (Phi) is 3.64. The molecule has 1 aromatic rings. The quantitative estimate of drug-likeness (QED) is 0.875. The molecule has 4 nitrogen and oxygen atoms in total. The van der Waals surface area contributed by atoms with Crippen LogP contribution in [0.2, 0.25) is 0 Å². The molecule has 88 valence electrons. The summed E-state index contributed by atoms with van der Waals surface area (Å²) >= 11 is 0. The fourth-order valence-electron chi connectivity index (χ4n) is 1.26. The summed E-state index contributed by atoms with van der Waals surface area (Å²) in [6.45, 7) is 1.42. The summed E-state index contributed by atoms with van der Waals surface area (Å²) in [4.78, 5) is 10.2. The lowest BCUT2D eigenvalue weighted by Gasteiger charge is -2.09. The van der Waals surface area contributed by atoms with Gasteiger partial charge in [0.2, 0.25) is 6.17 Å². The highest BCUT2D eigenvalue weighted by atomic mass is 32.2. The van der Waals surface area contributed by atoms with Crippen molar-refractivity contribution < 1.29 is 22.7 Å². The van der Waals surface area contributed by atoms with Crippen molar-refractivity contribution in [1.82, 2.24) is 0 Å². The lowest BCUT2D eigenvalue weighted by molar-refractivity contribution is -0.143. The van der Waals surface area contributed by atoms with E-state index in [-0.39, 0.29) is 16.2 Å². The van der Waals surface area contributed by atoms with Gasteiger partial charge in [0, 0.05) is 5.56 Å². The van der Waals surface area contributed by atoms with Crippen molar-refractivity contribution in [1.29, 1.82) is 0 Å². The molecular formula is C10H11FO4S. The second-order valence-corrected chi connectivity index (χ2v) is 5.39. The fourth-order valence-corrected chi connectivity index (χ4v) is 2.39. The SMILES string of the molecule is CCS(=O)(=O)c1ccccc1C(F)C(=O)O. The summed E-state index contributed by atoms with van der Waals surface area (Å²) in [5.74, 6) is -1.89. The first-order valence-electron chi connectivity index (χ1n) is 4.58. The Hall–Kier alpha value is -1.43. The van der Waals surface area contributed by atoms with Gasteiger partial charge in [-0.25, -0.2) is 17.6 Å². The van der Waals surface area contributed by atoms with Crippen molar-refractivity contribution >= 4 is 15.8 Å². The molecule has 0 aromatic heterocycles. The second-order valence-electron chi connectivity index (χ2n) is 3.14. The Bertz CT molecular complexity index is 495. The zero-order chi connectivity index (χ0) is 12.3. The number of alkyl halides is 1. The Morgan fingerprint density at radius 2 is 2.00 bits per heavy atom. The van der Waals surface area contributed by atoms with Crippen LogP contribution < -0.4 is 0 Å². The smallest absolute Gasteiger partial charge is 0.343 e. The van der Waals surface area contributed by atoms with Crippen LogP contribution >= 0.6 is 0 Å². The zero-order valence-electron chi connectivity index (χ0n) is 8.55. The van der Waals surface area contributed by atoms with Crippen LogP contribution in [0.15, 0.2) is 29.2 Å². The number of hydrogen-bond acceptors (Lipinski definition) is 3. The molecule has 1 atom stereocenters. The summed E-state index contributed by atoms with van der Waals surface area (Å²) in [7, 11) is -3.61. The van der Waals surface area contributed by atoms with Gasteiger partial charge in [0.15, 0.2) is 9.84 Å². The lowest BCUT2D eigenvalue weighted by Crippen LogP contribution is -2.13. The molecule has 0 heterocycles. The predicted octanol–water partition coefficient (Wildman–Crippen LogP) is 1.58. The average molecular weight is 246 g/mol. The Morgan fingerprint density at radius 1 is 1.44 bits per heavy atom. The van der Waals surface area contributed by atoms with Crippen LogP contribution in [-0.2, 0) is 14.6 Å². The van der Waals surface area contributed by atoms with E-state index >= 15 is 0 Å². The Labute approximate surface area is 92.6 Å². The first kappa shape index (κ1) is 12.6. The number of sulfone groups is 1. The van der Waals surface area contributed by atoms with Crippen LogP contribution in [-0.4, -0.2) is 25.2 Å². The van der Waals surface area contributed by atoms with Gasteiger partial charge >= 0.3 is 5.97 Å². The number of hydrogen-bond donors (Lipinski definition) is 1. The summed E-state index contributed by atoms with van der Waals surface area (Å²) in [5.41, 5.74) is -0.322. The number of rotatable bonds is 4. The molecule has 0 fully saturated rings. The van der Waals surface area contributed by atoms with Crippen LogP contribution in [0.5, 0.6) is 0 Å². The largest absolute Gasteiger partial charge is 0.479 e. The highest BCUT2D eigenvalue weighted by Crippen LogP contribution is 2.26. The third-order valence-electron chi connectivity index (χ3n) is 2.12. The Morgan fingerprint density at radius 3 is 2.50 bits per heavy atom. The molecule has 16 heavy (non-hydrogen) atoms. The molecule has 1 N–H and O–H groups in total. The highest BCUT2D eigenvalue weighted by Gasteiger charge is 2.26. The first-order valence-corrected chi connectivity index (χ1v) is 6.24. The van der Waals surface area contributed by atoms with E-state index in [9.17, 15) is 17.6 Å². The van der Waals surface area contributed by atoms with Gasteiger partial charge in [-0.2, -0.15) is 0 Å². The topological polar surface area (TPSA) is 71.4 Å². The third-order valence-corrected chi connectivity index (χ3v) is 3.93. The molecule has 6 heteroatoms.